The second-order valence-electron chi connectivity index (χ2n) is 11.7. The molecular weight excluding hydrogens is 530 g/mol. The maximum absolute atomic E-state index is 13.4. The average molecular weight is 564 g/mol. The fraction of sp³-hybridized carbons (Fsp3) is 0.344. The number of hydrogen-bond acceptors (Lipinski definition) is 8. The second-order valence-corrected chi connectivity index (χ2v) is 11.7. The van der Waals surface area contributed by atoms with Crippen LogP contribution in [0.3, 0.4) is 0 Å². The molecule has 2 aromatic carbocycles. The van der Waals surface area contributed by atoms with Gasteiger partial charge in [-0.25, -0.2) is 9.78 Å². The zero-order valence-corrected chi connectivity index (χ0v) is 24.0. The number of ether oxygens (including phenoxy) is 1. The monoisotopic (exact) mass is 563 g/mol. The second kappa shape index (κ2) is 10.8. The van der Waals surface area contributed by atoms with Crippen LogP contribution in [0.15, 0.2) is 65.6 Å². The van der Waals surface area contributed by atoms with E-state index in [9.17, 15) is 14.9 Å². The van der Waals surface area contributed by atoms with Crippen LogP contribution in [0.5, 0.6) is 0 Å². The van der Waals surface area contributed by atoms with Crippen LogP contribution < -0.4 is 15.8 Å². The van der Waals surface area contributed by atoms with E-state index in [1.165, 1.54) is 5.56 Å². The molecule has 1 unspecified atom stereocenters. The number of aromatic nitrogens is 3. The predicted molar refractivity (Wildman–Crippen MR) is 161 cm³/mol. The summed E-state index contributed by atoms with van der Waals surface area (Å²) in [6.07, 6.45) is 3.01. The first kappa shape index (κ1) is 27.3. The quantitative estimate of drug-likeness (QED) is 0.369. The highest BCUT2D eigenvalue weighted by atomic mass is 16.6. The Labute approximate surface area is 244 Å². The Hall–Kier alpha value is -4.91. The number of nitrogens with one attached hydrogen (secondary N) is 1. The lowest BCUT2D eigenvalue weighted by atomic mass is 10.1. The standard InChI is InChI=1S/C32H33N7O3/c1-32(2,3)42-31(41)38-16-14-37(15-17-38)25-11-9-24(10-12-25)35-30-34-20-23-18-22(19-33)29(40)39(28(23)36-30)27-13-8-21-6-4-5-7-26(21)27/h4-7,9-12,18,20,27H,8,13-17H2,1-3H3,(H,34,35,36). The molecule has 1 amide bonds. The van der Waals surface area contributed by atoms with E-state index in [2.05, 4.69) is 21.3 Å². The van der Waals surface area contributed by atoms with Crippen LogP contribution in [-0.4, -0.2) is 57.3 Å². The molecule has 10 heteroatoms. The van der Waals surface area contributed by atoms with Gasteiger partial charge in [0.25, 0.3) is 5.56 Å². The molecule has 1 aliphatic carbocycles. The number of hydrogen-bond donors (Lipinski definition) is 1. The van der Waals surface area contributed by atoms with Gasteiger partial charge in [-0.05, 0) is 75.1 Å². The number of anilines is 3. The first-order valence-corrected chi connectivity index (χ1v) is 14.2. The molecule has 0 bridgehead atoms. The number of carbonyl (C=O) groups is 1. The number of nitriles is 1. The van der Waals surface area contributed by atoms with Gasteiger partial charge in [-0.1, -0.05) is 24.3 Å². The molecule has 4 aromatic rings. The maximum Gasteiger partial charge on any atom is 0.410 e. The number of rotatable bonds is 4. The van der Waals surface area contributed by atoms with E-state index in [0.717, 1.165) is 29.8 Å². The van der Waals surface area contributed by atoms with Crippen LogP contribution in [-0.2, 0) is 11.2 Å². The SMILES string of the molecule is CC(C)(C)OC(=O)N1CCN(c2ccc(Nc3ncc4cc(C#N)c(=O)n(C5CCc6ccccc65)c4n3)cc2)CC1. The van der Waals surface area contributed by atoms with Crippen LogP contribution in [0.25, 0.3) is 11.0 Å². The van der Waals surface area contributed by atoms with Crippen molar-refractivity contribution in [2.45, 2.75) is 45.3 Å². The van der Waals surface area contributed by atoms with Crippen molar-refractivity contribution in [2.24, 2.45) is 0 Å². The highest BCUT2D eigenvalue weighted by molar-refractivity contribution is 5.78. The third-order valence-electron chi connectivity index (χ3n) is 7.73. The first-order valence-electron chi connectivity index (χ1n) is 14.2. The predicted octanol–water partition coefficient (Wildman–Crippen LogP) is 5.00. The van der Waals surface area contributed by atoms with E-state index in [1.54, 1.807) is 21.7 Å². The van der Waals surface area contributed by atoms with Crippen molar-refractivity contribution in [3.05, 3.63) is 87.8 Å². The minimum atomic E-state index is -0.509. The van der Waals surface area contributed by atoms with Crippen LogP contribution in [0.2, 0.25) is 0 Å². The van der Waals surface area contributed by atoms with Crippen molar-refractivity contribution in [1.29, 1.82) is 5.26 Å². The van der Waals surface area contributed by atoms with Crippen molar-refractivity contribution in [1.82, 2.24) is 19.4 Å². The van der Waals surface area contributed by atoms with Crippen molar-refractivity contribution >= 4 is 34.4 Å². The van der Waals surface area contributed by atoms with Crippen molar-refractivity contribution in [3.63, 3.8) is 0 Å². The highest BCUT2D eigenvalue weighted by Gasteiger charge is 2.28. The topological polar surface area (TPSA) is 116 Å². The van der Waals surface area contributed by atoms with Gasteiger partial charge >= 0.3 is 6.09 Å². The molecule has 214 valence electrons. The van der Waals surface area contributed by atoms with E-state index < -0.39 is 5.60 Å². The molecule has 0 saturated carbocycles. The molecule has 1 N–H and O–H groups in total. The normalized spacial score (nSPS) is 16.7. The fourth-order valence-corrected chi connectivity index (χ4v) is 5.71. The summed E-state index contributed by atoms with van der Waals surface area (Å²) in [5.74, 6) is 0.366. The molecule has 1 fully saturated rings. The number of aryl methyl sites for hydroxylation is 1. The van der Waals surface area contributed by atoms with E-state index >= 15 is 0 Å². The molecule has 2 aliphatic rings. The summed E-state index contributed by atoms with van der Waals surface area (Å²) in [6.45, 7) is 8.24. The fourth-order valence-electron chi connectivity index (χ4n) is 5.71. The van der Waals surface area contributed by atoms with E-state index in [1.807, 2.05) is 69.3 Å². The van der Waals surface area contributed by atoms with Crippen molar-refractivity contribution < 1.29 is 9.53 Å². The highest BCUT2D eigenvalue weighted by Crippen LogP contribution is 2.35. The molecule has 10 nitrogen and oxygen atoms in total. The Morgan fingerprint density at radius 3 is 2.52 bits per heavy atom. The Bertz CT molecular complexity index is 1740. The Morgan fingerprint density at radius 1 is 1.07 bits per heavy atom. The minimum absolute atomic E-state index is 0.0821. The summed E-state index contributed by atoms with van der Waals surface area (Å²) >= 11 is 0. The third kappa shape index (κ3) is 5.38. The number of nitrogens with zero attached hydrogens (tertiary/aromatic N) is 6. The third-order valence-corrected chi connectivity index (χ3v) is 7.73. The number of carbonyl (C=O) groups excluding carboxylic acids is 1. The van der Waals surface area contributed by atoms with E-state index in [4.69, 9.17) is 9.72 Å². The summed E-state index contributed by atoms with van der Waals surface area (Å²) in [6, 6.07) is 19.5. The molecular formula is C32H33N7O3. The van der Waals surface area contributed by atoms with Gasteiger partial charge in [0.1, 0.15) is 22.9 Å². The Morgan fingerprint density at radius 2 is 1.81 bits per heavy atom. The summed E-state index contributed by atoms with van der Waals surface area (Å²) in [5, 5.41) is 13.5. The number of amides is 1. The van der Waals surface area contributed by atoms with Gasteiger partial charge in [0, 0.05) is 49.1 Å². The summed E-state index contributed by atoms with van der Waals surface area (Å²) in [5.41, 5.74) is 3.89. The van der Waals surface area contributed by atoms with Crippen LogP contribution in [0.4, 0.5) is 22.1 Å². The number of benzene rings is 2. The van der Waals surface area contributed by atoms with Crippen LogP contribution in [0.1, 0.15) is 49.9 Å². The Balaban J connectivity index is 1.21. The summed E-state index contributed by atoms with van der Waals surface area (Å²) in [7, 11) is 0. The largest absolute Gasteiger partial charge is 0.444 e. The zero-order chi connectivity index (χ0) is 29.4. The van der Waals surface area contributed by atoms with Crippen LogP contribution in [0, 0.1) is 11.3 Å². The van der Waals surface area contributed by atoms with E-state index in [-0.39, 0.29) is 23.3 Å². The molecule has 1 aliphatic heterocycles. The van der Waals surface area contributed by atoms with Gasteiger partial charge in [-0.2, -0.15) is 10.2 Å². The van der Waals surface area contributed by atoms with Gasteiger partial charge < -0.3 is 19.9 Å². The Kier molecular flexibility index (Phi) is 7.02. The molecule has 42 heavy (non-hydrogen) atoms. The number of fused-ring (bicyclic) bond motifs is 2. The van der Waals surface area contributed by atoms with Gasteiger partial charge in [-0.15, -0.1) is 0 Å². The van der Waals surface area contributed by atoms with Crippen LogP contribution >= 0.6 is 0 Å². The average Bonchev–Trinajstić information content (AvgIpc) is 3.40. The van der Waals surface area contributed by atoms with Crippen molar-refractivity contribution in [3.8, 4) is 6.07 Å². The lowest BCUT2D eigenvalue weighted by Crippen LogP contribution is -2.50. The lowest BCUT2D eigenvalue weighted by Gasteiger charge is -2.36. The molecule has 1 saturated heterocycles. The molecule has 6 rings (SSSR count). The van der Waals surface area contributed by atoms with Crippen molar-refractivity contribution in [2.75, 3.05) is 36.4 Å². The minimum Gasteiger partial charge on any atom is -0.444 e. The maximum atomic E-state index is 13.4. The lowest BCUT2D eigenvalue weighted by molar-refractivity contribution is 0.0240. The van der Waals surface area contributed by atoms with Gasteiger partial charge in [0.15, 0.2) is 0 Å². The molecule has 3 heterocycles. The summed E-state index contributed by atoms with van der Waals surface area (Å²) in [4.78, 5) is 39.0. The molecule has 0 radical (unpaired) electrons. The number of piperazine rings is 1. The first-order chi connectivity index (χ1) is 20.2. The van der Waals surface area contributed by atoms with E-state index in [0.29, 0.717) is 43.2 Å². The molecule has 2 aromatic heterocycles. The smallest absolute Gasteiger partial charge is 0.410 e. The molecule has 0 spiro atoms. The summed E-state index contributed by atoms with van der Waals surface area (Å²) < 4.78 is 7.16. The number of pyridine rings is 1. The van der Waals surface area contributed by atoms with Gasteiger partial charge in [0.05, 0.1) is 6.04 Å². The zero-order valence-electron chi connectivity index (χ0n) is 24.0. The van der Waals surface area contributed by atoms with Gasteiger partial charge in [-0.3, -0.25) is 9.36 Å². The van der Waals surface area contributed by atoms with Gasteiger partial charge in [0.2, 0.25) is 5.95 Å². The molecule has 1 atom stereocenters.